The van der Waals surface area contributed by atoms with Crippen LogP contribution in [0, 0.1) is 6.92 Å². The van der Waals surface area contributed by atoms with Gasteiger partial charge in [0.15, 0.2) is 0 Å². The highest BCUT2D eigenvalue weighted by atomic mass is 16.2. The number of hydrogen-bond acceptors (Lipinski definition) is 6. The van der Waals surface area contributed by atoms with Crippen molar-refractivity contribution >= 4 is 23.8 Å². The molecule has 4 amide bonds. The summed E-state index contributed by atoms with van der Waals surface area (Å²) in [5, 5.41) is 5.21. The number of amides is 4. The molecule has 2 heterocycles. The van der Waals surface area contributed by atoms with Gasteiger partial charge in [-0.3, -0.25) is 14.5 Å². The number of rotatable bonds is 6. The first-order valence-corrected chi connectivity index (χ1v) is 9.80. The van der Waals surface area contributed by atoms with Crippen LogP contribution in [0.2, 0.25) is 0 Å². The fraction of sp³-hybridized carbons (Fsp3) is 0.632. The maximum Gasteiger partial charge on any atom is 0.325 e. The zero-order valence-corrected chi connectivity index (χ0v) is 16.7. The molecule has 2 fully saturated rings. The van der Waals surface area contributed by atoms with Crippen molar-refractivity contribution in [2.24, 2.45) is 0 Å². The van der Waals surface area contributed by atoms with E-state index in [2.05, 4.69) is 25.5 Å². The molecule has 0 aromatic carbocycles. The van der Waals surface area contributed by atoms with E-state index in [-0.39, 0.29) is 19.1 Å². The molecular formula is C19H28N6O3. The summed E-state index contributed by atoms with van der Waals surface area (Å²) < 4.78 is 0. The van der Waals surface area contributed by atoms with Crippen molar-refractivity contribution < 1.29 is 14.4 Å². The molecule has 9 nitrogen and oxygen atoms in total. The van der Waals surface area contributed by atoms with Gasteiger partial charge in [-0.2, -0.15) is 0 Å². The van der Waals surface area contributed by atoms with Gasteiger partial charge in [0.05, 0.1) is 12.6 Å². The smallest absolute Gasteiger partial charge is 0.325 e. The van der Waals surface area contributed by atoms with E-state index in [1.165, 1.54) is 19.3 Å². The average Bonchev–Trinajstić information content (AvgIpc) is 2.99. The summed E-state index contributed by atoms with van der Waals surface area (Å²) in [7, 11) is 2.04. The molecule has 1 aromatic rings. The van der Waals surface area contributed by atoms with Gasteiger partial charge >= 0.3 is 6.03 Å². The molecule has 28 heavy (non-hydrogen) atoms. The number of nitrogens with one attached hydrogen (secondary N) is 2. The molecule has 2 aliphatic rings. The van der Waals surface area contributed by atoms with Crippen molar-refractivity contribution in [1.29, 1.82) is 0 Å². The molecule has 1 aliphatic carbocycles. The Hall–Kier alpha value is -2.71. The van der Waals surface area contributed by atoms with Gasteiger partial charge in [0.2, 0.25) is 11.9 Å². The van der Waals surface area contributed by atoms with Gasteiger partial charge in [-0.05, 0) is 26.7 Å². The standard InChI is InChI=1S/C19H28N6O3/c1-12(22-16(26)11-25-17(27)10-21-19(25)28)15-9-20-18(23-13(15)2)24(3)14-7-5-4-6-8-14/h9,12,14H,4-8,10-11H2,1-3H3,(H,21,28)(H,22,26)/t12-/m0/s1. The lowest BCUT2D eigenvalue weighted by Crippen LogP contribution is -2.41. The van der Waals surface area contributed by atoms with E-state index in [0.29, 0.717) is 12.0 Å². The third-order valence-electron chi connectivity index (χ3n) is 5.53. The highest BCUT2D eigenvalue weighted by molar-refractivity contribution is 6.04. The maximum absolute atomic E-state index is 12.2. The lowest BCUT2D eigenvalue weighted by Gasteiger charge is -2.31. The number of nitrogens with zero attached hydrogens (tertiary/aromatic N) is 4. The van der Waals surface area contributed by atoms with Crippen LogP contribution in [0.15, 0.2) is 6.20 Å². The summed E-state index contributed by atoms with van der Waals surface area (Å²) >= 11 is 0. The largest absolute Gasteiger partial charge is 0.348 e. The van der Waals surface area contributed by atoms with Gasteiger partial charge in [0, 0.05) is 30.5 Å². The number of carbonyl (C=O) groups excluding carboxylic acids is 3. The average molecular weight is 388 g/mol. The highest BCUT2D eigenvalue weighted by Crippen LogP contribution is 2.25. The molecule has 3 rings (SSSR count). The van der Waals surface area contributed by atoms with Crippen molar-refractivity contribution in [3.05, 3.63) is 17.5 Å². The third kappa shape index (κ3) is 4.40. The summed E-state index contributed by atoms with van der Waals surface area (Å²) in [4.78, 5) is 47.6. The number of aromatic nitrogens is 2. The predicted octanol–water partition coefficient (Wildman–Crippen LogP) is 1.28. The normalized spacial score (nSPS) is 18.8. The summed E-state index contributed by atoms with van der Waals surface area (Å²) in [5.74, 6) is -0.103. The lowest BCUT2D eigenvalue weighted by atomic mass is 9.95. The van der Waals surface area contributed by atoms with Crippen molar-refractivity contribution in [1.82, 2.24) is 25.5 Å². The fourth-order valence-corrected chi connectivity index (χ4v) is 3.81. The number of carbonyl (C=O) groups is 3. The monoisotopic (exact) mass is 388 g/mol. The summed E-state index contributed by atoms with van der Waals surface area (Å²) in [6, 6.07) is -0.398. The van der Waals surface area contributed by atoms with Crippen LogP contribution in [0.1, 0.15) is 56.3 Å². The predicted molar refractivity (Wildman–Crippen MR) is 104 cm³/mol. The minimum Gasteiger partial charge on any atom is -0.348 e. The Morgan fingerprint density at radius 1 is 1.36 bits per heavy atom. The topological polar surface area (TPSA) is 108 Å². The molecule has 1 aromatic heterocycles. The zero-order valence-electron chi connectivity index (χ0n) is 16.7. The molecule has 152 valence electrons. The first-order chi connectivity index (χ1) is 13.4. The van der Waals surface area contributed by atoms with Crippen LogP contribution in [0.5, 0.6) is 0 Å². The molecule has 0 radical (unpaired) electrons. The molecule has 1 atom stereocenters. The van der Waals surface area contributed by atoms with E-state index in [4.69, 9.17) is 0 Å². The van der Waals surface area contributed by atoms with Gasteiger partial charge in [-0.25, -0.2) is 14.8 Å². The minimum absolute atomic E-state index is 0.0649. The Kier molecular flexibility index (Phi) is 6.11. The number of aryl methyl sites for hydroxylation is 1. The quantitative estimate of drug-likeness (QED) is 0.711. The fourth-order valence-electron chi connectivity index (χ4n) is 3.81. The van der Waals surface area contributed by atoms with Gasteiger partial charge in [0.25, 0.3) is 5.91 Å². The van der Waals surface area contributed by atoms with E-state index in [1.807, 2.05) is 20.9 Å². The SMILES string of the molecule is Cc1nc(N(C)C2CCCCC2)ncc1[C@H](C)NC(=O)CN1C(=O)CNC1=O. The molecule has 0 bridgehead atoms. The third-order valence-corrected chi connectivity index (χ3v) is 5.53. The van der Waals surface area contributed by atoms with Gasteiger partial charge in [-0.1, -0.05) is 19.3 Å². The number of hydrogen-bond donors (Lipinski definition) is 2. The zero-order chi connectivity index (χ0) is 20.3. The van der Waals surface area contributed by atoms with E-state index in [1.54, 1.807) is 6.20 Å². The Labute approximate surface area is 164 Å². The Balaban J connectivity index is 1.62. The Bertz CT molecular complexity index is 746. The molecule has 1 saturated heterocycles. The van der Waals surface area contributed by atoms with Gasteiger partial charge in [0.1, 0.15) is 6.54 Å². The number of urea groups is 1. The van der Waals surface area contributed by atoms with Crippen molar-refractivity contribution in [3.63, 3.8) is 0 Å². The molecule has 2 N–H and O–H groups in total. The van der Waals surface area contributed by atoms with E-state index >= 15 is 0 Å². The summed E-state index contributed by atoms with van der Waals surface area (Å²) in [6.45, 7) is 3.37. The molecule has 9 heteroatoms. The minimum atomic E-state index is -0.539. The maximum atomic E-state index is 12.2. The Morgan fingerprint density at radius 2 is 2.07 bits per heavy atom. The number of imide groups is 1. The van der Waals surface area contributed by atoms with Crippen LogP contribution < -0.4 is 15.5 Å². The van der Waals surface area contributed by atoms with Crippen LogP contribution in [0.4, 0.5) is 10.7 Å². The molecule has 0 unspecified atom stereocenters. The second-order valence-electron chi connectivity index (χ2n) is 7.54. The van der Waals surface area contributed by atoms with Crippen molar-refractivity contribution in [2.45, 2.75) is 58.0 Å². The summed E-state index contributed by atoms with van der Waals surface area (Å²) in [5.41, 5.74) is 1.61. The number of anilines is 1. The molecule has 1 aliphatic heterocycles. The lowest BCUT2D eigenvalue weighted by molar-refractivity contribution is -0.130. The van der Waals surface area contributed by atoms with E-state index < -0.39 is 17.8 Å². The summed E-state index contributed by atoms with van der Waals surface area (Å²) in [6.07, 6.45) is 7.85. The second-order valence-corrected chi connectivity index (χ2v) is 7.54. The second kappa shape index (κ2) is 8.53. The first-order valence-electron chi connectivity index (χ1n) is 9.80. The van der Waals surface area contributed by atoms with Gasteiger partial charge < -0.3 is 15.5 Å². The van der Waals surface area contributed by atoms with Crippen LogP contribution in [0.25, 0.3) is 0 Å². The highest BCUT2D eigenvalue weighted by Gasteiger charge is 2.30. The molecular weight excluding hydrogens is 360 g/mol. The van der Waals surface area contributed by atoms with Crippen LogP contribution in [-0.4, -0.2) is 58.9 Å². The molecule has 0 spiro atoms. The first kappa shape index (κ1) is 20.0. The van der Waals surface area contributed by atoms with Crippen LogP contribution in [-0.2, 0) is 9.59 Å². The van der Waals surface area contributed by atoms with Crippen LogP contribution in [0.3, 0.4) is 0 Å². The Morgan fingerprint density at radius 3 is 2.68 bits per heavy atom. The van der Waals surface area contributed by atoms with Crippen LogP contribution >= 0.6 is 0 Å². The molecule has 1 saturated carbocycles. The van der Waals surface area contributed by atoms with E-state index in [0.717, 1.165) is 29.0 Å². The van der Waals surface area contributed by atoms with Crippen molar-refractivity contribution in [2.75, 3.05) is 25.0 Å². The van der Waals surface area contributed by atoms with Crippen molar-refractivity contribution in [3.8, 4) is 0 Å². The van der Waals surface area contributed by atoms with Gasteiger partial charge in [-0.15, -0.1) is 0 Å². The van der Waals surface area contributed by atoms with E-state index in [9.17, 15) is 14.4 Å².